The van der Waals surface area contributed by atoms with Gasteiger partial charge in [-0.2, -0.15) is 10.2 Å². The first-order valence-corrected chi connectivity index (χ1v) is 9.56. The van der Waals surface area contributed by atoms with Gasteiger partial charge in [0.1, 0.15) is 0 Å². The molecule has 0 saturated heterocycles. The summed E-state index contributed by atoms with van der Waals surface area (Å²) in [6.45, 7) is 6.56. The van der Waals surface area contributed by atoms with Crippen molar-refractivity contribution in [3.63, 3.8) is 0 Å². The van der Waals surface area contributed by atoms with Crippen molar-refractivity contribution in [3.05, 3.63) is 47.0 Å². The lowest BCUT2D eigenvalue weighted by atomic mass is 10.2. The molecule has 0 aliphatic heterocycles. The molecule has 0 spiro atoms. The van der Waals surface area contributed by atoms with Crippen LogP contribution in [0.1, 0.15) is 22.6 Å². The Balaban J connectivity index is 1.76. The third-order valence-corrected chi connectivity index (χ3v) is 5.09. The summed E-state index contributed by atoms with van der Waals surface area (Å²) in [5.41, 5.74) is 5.69. The number of hydrogen-bond donors (Lipinski definition) is 2. The van der Waals surface area contributed by atoms with Gasteiger partial charge < -0.3 is 20.1 Å². The Bertz CT molecular complexity index is 1040. The molecule has 0 atom stereocenters. The van der Waals surface area contributed by atoms with Crippen LogP contribution in [0.4, 0.5) is 11.4 Å². The molecule has 0 aliphatic carbocycles. The van der Waals surface area contributed by atoms with Crippen molar-refractivity contribution in [2.45, 2.75) is 27.3 Å². The Hall–Kier alpha value is -3.07. The molecule has 0 radical (unpaired) electrons. The van der Waals surface area contributed by atoms with Crippen LogP contribution in [0.3, 0.4) is 0 Å². The van der Waals surface area contributed by atoms with E-state index in [4.69, 9.17) is 21.7 Å². The maximum atomic E-state index is 5.48. The Labute approximate surface area is 175 Å². The molecule has 0 bridgehead atoms. The van der Waals surface area contributed by atoms with Crippen LogP contribution in [0.2, 0.25) is 0 Å². The molecule has 0 aliphatic rings. The second-order valence-electron chi connectivity index (χ2n) is 6.74. The van der Waals surface area contributed by atoms with E-state index in [1.807, 2.05) is 50.7 Å². The first-order valence-electron chi connectivity index (χ1n) is 9.15. The number of methoxy groups -OCH3 is 2. The maximum Gasteiger partial charge on any atom is 0.175 e. The number of anilines is 2. The van der Waals surface area contributed by atoms with Crippen LogP contribution >= 0.6 is 12.2 Å². The fourth-order valence-corrected chi connectivity index (χ4v) is 3.28. The highest BCUT2D eigenvalue weighted by Crippen LogP contribution is 2.28. The van der Waals surface area contributed by atoms with Crippen molar-refractivity contribution in [2.75, 3.05) is 24.9 Å². The zero-order chi connectivity index (χ0) is 21.1. The Morgan fingerprint density at radius 2 is 1.79 bits per heavy atom. The number of nitrogens with zero attached hydrogens (tertiary/aromatic N) is 4. The highest BCUT2D eigenvalue weighted by molar-refractivity contribution is 7.80. The quantitative estimate of drug-likeness (QED) is 0.599. The summed E-state index contributed by atoms with van der Waals surface area (Å²) < 4.78 is 14.4. The van der Waals surface area contributed by atoms with E-state index >= 15 is 0 Å². The zero-order valence-corrected chi connectivity index (χ0v) is 18.3. The van der Waals surface area contributed by atoms with E-state index in [2.05, 4.69) is 20.8 Å². The molecular weight excluding hydrogens is 388 g/mol. The molecule has 2 N–H and O–H groups in total. The van der Waals surface area contributed by atoms with Crippen LogP contribution in [0.5, 0.6) is 11.5 Å². The topological polar surface area (TPSA) is 78.2 Å². The lowest BCUT2D eigenvalue weighted by Gasteiger charge is -2.12. The lowest BCUT2D eigenvalue weighted by molar-refractivity contribution is 0.354. The minimum atomic E-state index is 0.498. The number of ether oxygens (including phenoxy) is 2. The molecule has 9 heteroatoms. The van der Waals surface area contributed by atoms with Crippen molar-refractivity contribution in [2.24, 2.45) is 7.05 Å². The van der Waals surface area contributed by atoms with E-state index in [1.165, 1.54) is 0 Å². The van der Waals surface area contributed by atoms with Crippen molar-refractivity contribution < 1.29 is 9.47 Å². The smallest absolute Gasteiger partial charge is 0.175 e. The predicted octanol–water partition coefficient (Wildman–Crippen LogP) is 3.42. The molecule has 0 fully saturated rings. The second-order valence-corrected chi connectivity index (χ2v) is 7.15. The Morgan fingerprint density at radius 1 is 1.07 bits per heavy atom. The van der Waals surface area contributed by atoms with Crippen LogP contribution in [-0.2, 0) is 13.6 Å². The number of thiocarbonyl (C=S) groups is 1. The summed E-state index contributed by atoms with van der Waals surface area (Å²) >= 11 is 5.48. The number of nitrogens with one attached hydrogen (secondary N) is 2. The number of hydrogen-bond acceptors (Lipinski definition) is 5. The average molecular weight is 415 g/mol. The minimum Gasteiger partial charge on any atom is -0.493 e. The number of rotatable bonds is 6. The van der Waals surface area contributed by atoms with Crippen LogP contribution in [-0.4, -0.2) is 38.9 Å². The summed E-state index contributed by atoms with van der Waals surface area (Å²) in [7, 11) is 5.15. The Morgan fingerprint density at radius 3 is 2.41 bits per heavy atom. The van der Waals surface area contributed by atoms with Crippen LogP contribution < -0.4 is 20.1 Å². The molecule has 0 unspecified atom stereocenters. The first-order chi connectivity index (χ1) is 13.8. The van der Waals surface area contributed by atoms with Gasteiger partial charge in [-0.1, -0.05) is 6.07 Å². The van der Waals surface area contributed by atoms with Gasteiger partial charge in [-0.25, -0.2) is 0 Å². The Kier molecular flexibility index (Phi) is 6.07. The molecule has 154 valence electrons. The van der Waals surface area contributed by atoms with Gasteiger partial charge in [0, 0.05) is 7.05 Å². The van der Waals surface area contributed by atoms with Gasteiger partial charge in [-0.15, -0.1) is 0 Å². The largest absolute Gasteiger partial charge is 0.493 e. The highest BCUT2D eigenvalue weighted by Gasteiger charge is 2.15. The van der Waals surface area contributed by atoms with E-state index in [1.54, 1.807) is 25.1 Å². The van der Waals surface area contributed by atoms with Crippen LogP contribution in [0.15, 0.2) is 24.4 Å². The lowest BCUT2D eigenvalue weighted by Crippen LogP contribution is -2.20. The van der Waals surface area contributed by atoms with Crippen molar-refractivity contribution in [1.82, 2.24) is 19.6 Å². The molecule has 8 nitrogen and oxygen atoms in total. The van der Waals surface area contributed by atoms with E-state index in [0.29, 0.717) is 23.2 Å². The molecule has 3 aromatic rings. The second kappa shape index (κ2) is 8.52. The third kappa shape index (κ3) is 4.34. The summed E-state index contributed by atoms with van der Waals surface area (Å²) in [5.74, 6) is 1.40. The molecule has 0 amide bonds. The average Bonchev–Trinajstić information content (AvgIpc) is 3.15. The van der Waals surface area contributed by atoms with Crippen molar-refractivity contribution >= 4 is 28.7 Å². The number of benzene rings is 1. The van der Waals surface area contributed by atoms with E-state index < -0.39 is 0 Å². The van der Waals surface area contributed by atoms with E-state index in [9.17, 15) is 0 Å². The third-order valence-electron chi connectivity index (χ3n) is 4.88. The van der Waals surface area contributed by atoms with Gasteiger partial charge in [0.15, 0.2) is 16.6 Å². The molecule has 2 aromatic heterocycles. The van der Waals surface area contributed by atoms with Gasteiger partial charge in [-0.3, -0.25) is 9.36 Å². The number of aryl methyl sites for hydroxylation is 2. The summed E-state index contributed by atoms with van der Waals surface area (Å²) in [4.78, 5) is 0. The summed E-state index contributed by atoms with van der Waals surface area (Å²) in [6.07, 6.45) is 1.75. The van der Waals surface area contributed by atoms with E-state index in [0.717, 1.165) is 34.0 Å². The monoisotopic (exact) mass is 414 g/mol. The fourth-order valence-electron chi connectivity index (χ4n) is 3.07. The van der Waals surface area contributed by atoms with Gasteiger partial charge in [0.05, 0.1) is 55.4 Å². The van der Waals surface area contributed by atoms with E-state index in [-0.39, 0.29) is 0 Å². The first kappa shape index (κ1) is 20.7. The van der Waals surface area contributed by atoms with Crippen molar-refractivity contribution in [3.8, 4) is 11.5 Å². The SMILES string of the molecule is COc1ccc(Cn2nc(C)c(NC(=S)Nc3cnn(C)c3C)c2C)cc1OC. The summed E-state index contributed by atoms with van der Waals surface area (Å²) in [5, 5.41) is 15.8. The minimum absolute atomic E-state index is 0.498. The van der Waals surface area contributed by atoms with Gasteiger partial charge >= 0.3 is 0 Å². The fraction of sp³-hybridized carbons (Fsp3) is 0.350. The molecule has 1 aromatic carbocycles. The summed E-state index contributed by atoms with van der Waals surface area (Å²) in [6, 6.07) is 5.86. The van der Waals surface area contributed by atoms with Crippen LogP contribution in [0, 0.1) is 20.8 Å². The standard InChI is InChI=1S/C20H26N6O2S/c1-12-19(23-20(29)22-16-10-21-25(4)13(16)2)14(3)26(24-12)11-15-7-8-17(27-5)18(9-15)28-6/h7-10H,11H2,1-6H3,(H2,22,23,29). The molecular formula is C20H26N6O2S. The molecule has 0 saturated carbocycles. The molecule has 3 rings (SSSR count). The van der Waals surface area contributed by atoms with Gasteiger partial charge in [0.25, 0.3) is 0 Å². The maximum absolute atomic E-state index is 5.48. The van der Waals surface area contributed by atoms with Gasteiger partial charge in [0.2, 0.25) is 0 Å². The molecule has 29 heavy (non-hydrogen) atoms. The van der Waals surface area contributed by atoms with Gasteiger partial charge in [-0.05, 0) is 50.7 Å². The van der Waals surface area contributed by atoms with Crippen molar-refractivity contribution in [1.29, 1.82) is 0 Å². The van der Waals surface area contributed by atoms with Crippen LogP contribution in [0.25, 0.3) is 0 Å². The number of aromatic nitrogens is 4. The molecule has 2 heterocycles. The predicted molar refractivity (Wildman–Crippen MR) is 118 cm³/mol. The zero-order valence-electron chi connectivity index (χ0n) is 17.5. The highest BCUT2D eigenvalue weighted by atomic mass is 32.1. The normalized spacial score (nSPS) is 10.7.